The van der Waals surface area contributed by atoms with Gasteiger partial charge in [0.05, 0.1) is 17.6 Å². The van der Waals surface area contributed by atoms with Gasteiger partial charge in [0.1, 0.15) is 5.75 Å². The van der Waals surface area contributed by atoms with Crippen LogP contribution >= 0.6 is 11.6 Å². The van der Waals surface area contributed by atoms with Gasteiger partial charge in [-0.05, 0) is 48.5 Å². The summed E-state index contributed by atoms with van der Waals surface area (Å²) < 4.78 is 32.2. The predicted octanol–water partition coefficient (Wildman–Crippen LogP) is 3.54. The monoisotopic (exact) mass is 474 g/mol. The number of Topliss-reactive ketones (excluding diaryl/α,β-unsaturated/α-hetero) is 1. The first kappa shape index (κ1) is 23.2. The molecule has 0 aliphatic heterocycles. The summed E-state index contributed by atoms with van der Waals surface area (Å²) >= 11 is 5.94. The number of rotatable bonds is 9. The summed E-state index contributed by atoms with van der Waals surface area (Å²) in [4.78, 5) is 32.3. The first-order chi connectivity index (χ1) is 15.3. The second kappa shape index (κ2) is 10.2. The number of anilines is 2. The van der Waals surface area contributed by atoms with Crippen molar-refractivity contribution >= 4 is 45.0 Å². The highest BCUT2D eigenvalue weighted by molar-refractivity contribution is 7.92. The molecule has 0 aliphatic rings. The molecule has 32 heavy (non-hydrogen) atoms. The van der Waals surface area contributed by atoms with Gasteiger partial charge in [-0.3, -0.25) is 9.59 Å². The molecular weight excluding hydrogens is 456 g/mol. The van der Waals surface area contributed by atoms with Crippen LogP contribution in [-0.2, 0) is 14.8 Å². The molecule has 1 heterocycles. The van der Waals surface area contributed by atoms with E-state index in [-0.39, 0.29) is 29.5 Å². The van der Waals surface area contributed by atoms with E-state index in [1.807, 2.05) is 0 Å². The number of sulfonamides is 1. The maximum atomic E-state index is 12.4. The van der Waals surface area contributed by atoms with Crippen molar-refractivity contribution in [1.29, 1.82) is 0 Å². The molecule has 2 N–H and O–H groups in total. The third kappa shape index (κ3) is 6.02. The summed E-state index contributed by atoms with van der Waals surface area (Å²) in [6.07, 6.45) is 2.71. The lowest BCUT2D eigenvalue weighted by Crippen LogP contribution is -2.16. The van der Waals surface area contributed by atoms with Crippen molar-refractivity contribution in [2.45, 2.75) is 17.7 Å². The Hall–Kier alpha value is -3.50. The van der Waals surface area contributed by atoms with Crippen LogP contribution in [0.15, 0.2) is 65.8 Å². The Morgan fingerprint density at radius 1 is 1.03 bits per heavy atom. The van der Waals surface area contributed by atoms with E-state index in [9.17, 15) is 18.0 Å². The molecule has 9 nitrogen and oxygen atoms in total. The van der Waals surface area contributed by atoms with Gasteiger partial charge in [-0.25, -0.2) is 23.1 Å². The molecule has 0 radical (unpaired) electrons. The summed E-state index contributed by atoms with van der Waals surface area (Å²) in [6, 6.07) is 11.8. The number of benzene rings is 2. The fraction of sp³-hybridized carbons (Fsp3) is 0.143. The number of nitrogens with zero attached hydrogens (tertiary/aromatic N) is 2. The van der Waals surface area contributed by atoms with Crippen LogP contribution in [0.1, 0.15) is 23.2 Å². The standard InChI is InChI=1S/C21H19ClN4O5S/c1-31-19-9-3-14(22)13-17(19)18(27)8-10-20(28)25-15-4-6-16(7-5-15)32(29,30)26-21-23-11-2-12-24-21/h2-7,9,11-13H,8,10H2,1H3,(H,25,28)(H,23,24,26). The molecule has 166 valence electrons. The molecule has 2 aromatic carbocycles. The topological polar surface area (TPSA) is 127 Å². The molecule has 0 saturated heterocycles. The van der Waals surface area contributed by atoms with Crippen LogP contribution in [0.3, 0.4) is 0 Å². The molecule has 11 heteroatoms. The number of ketones is 1. The Bertz CT molecular complexity index is 1220. The van der Waals surface area contributed by atoms with Crippen molar-refractivity contribution < 1.29 is 22.7 Å². The SMILES string of the molecule is COc1ccc(Cl)cc1C(=O)CCC(=O)Nc1ccc(S(=O)(=O)Nc2ncccn2)cc1. The van der Waals surface area contributed by atoms with Gasteiger partial charge in [0.2, 0.25) is 11.9 Å². The van der Waals surface area contributed by atoms with Gasteiger partial charge in [0, 0.05) is 35.9 Å². The first-order valence-corrected chi connectivity index (χ1v) is 11.2. The first-order valence-electron chi connectivity index (χ1n) is 9.35. The molecule has 0 saturated carbocycles. The summed E-state index contributed by atoms with van der Waals surface area (Å²) in [7, 11) is -2.43. The van der Waals surface area contributed by atoms with E-state index in [2.05, 4.69) is 20.0 Å². The van der Waals surface area contributed by atoms with Crippen LogP contribution in [0.4, 0.5) is 11.6 Å². The number of nitrogens with one attached hydrogen (secondary N) is 2. The van der Waals surface area contributed by atoms with E-state index in [1.165, 1.54) is 49.8 Å². The molecule has 3 rings (SSSR count). The molecule has 0 spiro atoms. The summed E-state index contributed by atoms with van der Waals surface area (Å²) in [6.45, 7) is 0. The number of carbonyl (C=O) groups is 2. The van der Waals surface area contributed by atoms with Gasteiger partial charge in [-0.1, -0.05) is 11.6 Å². The Morgan fingerprint density at radius 3 is 2.38 bits per heavy atom. The zero-order valence-electron chi connectivity index (χ0n) is 16.9. The summed E-state index contributed by atoms with van der Waals surface area (Å²) in [5, 5.41) is 3.02. The number of hydrogen-bond acceptors (Lipinski definition) is 7. The molecule has 0 fully saturated rings. The number of hydrogen-bond donors (Lipinski definition) is 2. The van der Waals surface area contributed by atoms with E-state index in [4.69, 9.17) is 16.3 Å². The third-order valence-electron chi connectivity index (χ3n) is 4.28. The predicted molar refractivity (Wildman–Crippen MR) is 119 cm³/mol. The number of ether oxygens (including phenoxy) is 1. The number of methoxy groups -OCH3 is 1. The maximum absolute atomic E-state index is 12.4. The summed E-state index contributed by atoms with van der Waals surface area (Å²) in [5.41, 5.74) is 0.690. The van der Waals surface area contributed by atoms with Gasteiger partial charge in [0.15, 0.2) is 5.78 Å². The molecule has 0 atom stereocenters. The Labute approximate surface area is 189 Å². The van der Waals surface area contributed by atoms with E-state index in [1.54, 1.807) is 18.2 Å². The van der Waals surface area contributed by atoms with Crippen molar-refractivity contribution in [2.75, 3.05) is 17.1 Å². The minimum Gasteiger partial charge on any atom is -0.496 e. The Kier molecular flexibility index (Phi) is 7.39. The number of carbonyl (C=O) groups excluding carboxylic acids is 2. The Morgan fingerprint density at radius 2 is 1.72 bits per heavy atom. The lowest BCUT2D eigenvalue weighted by atomic mass is 10.1. The van der Waals surface area contributed by atoms with Gasteiger partial charge >= 0.3 is 0 Å². The lowest BCUT2D eigenvalue weighted by molar-refractivity contribution is -0.116. The maximum Gasteiger partial charge on any atom is 0.264 e. The number of aromatic nitrogens is 2. The van der Waals surface area contributed by atoms with Crippen molar-refractivity contribution in [3.8, 4) is 5.75 Å². The largest absolute Gasteiger partial charge is 0.496 e. The number of amides is 1. The fourth-order valence-corrected chi connectivity index (χ4v) is 3.86. The van der Waals surface area contributed by atoms with Crippen LogP contribution in [0.5, 0.6) is 5.75 Å². The van der Waals surface area contributed by atoms with Gasteiger partial charge in [-0.2, -0.15) is 0 Å². The lowest BCUT2D eigenvalue weighted by Gasteiger charge is -2.09. The van der Waals surface area contributed by atoms with Crippen molar-refractivity contribution in [1.82, 2.24) is 9.97 Å². The van der Waals surface area contributed by atoms with Crippen molar-refractivity contribution in [3.05, 3.63) is 71.5 Å². The zero-order valence-corrected chi connectivity index (χ0v) is 18.5. The quantitative estimate of drug-likeness (QED) is 0.454. The van der Waals surface area contributed by atoms with Crippen LogP contribution in [0.2, 0.25) is 5.02 Å². The third-order valence-corrected chi connectivity index (χ3v) is 5.86. The van der Waals surface area contributed by atoms with Crippen molar-refractivity contribution in [3.63, 3.8) is 0 Å². The summed E-state index contributed by atoms with van der Waals surface area (Å²) in [5.74, 6) is -0.349. The minimum absolute atomic E-state index is 0.0221. The highest BCUT2D eigenvalue weighted by atomic mass is 35.5. The highest BCUT2D eigenvalue weighted by Crippen LogP contribution is 2.24. The van der Waals surface area contributed by atoms with E-state index < -0.39 is 15.9 Å². The fourth-order valence-electron chi connectivity index (χ4n) is 2.73. The number of halogens is 1. The molecule has 0 aliphatic carbocycles. The molecular formula is C21H19ClN4O5S. The average molecular weight is 475 g/mol. The Balaban J connectivity index is 1.58. The second-order valence-electron chi connectivity index (χ2n) is 6.52. The zero-order chi connectivity index (χ0) is 23.1. The highest BCUT2D eigenvalue weighted by Gasteiger charge is 2.17. The van der Waals surface area contributed by atoms with E-state index in [0.717, 1.165) is 0 Å². The molecule has 1 aromatic heterocycles. The van der Waals surface area contributed by atoms with Crippen LogP contribution in [0.25, 0.3) is 0 Å². The molecule has 3 aromatic rings. The second-order valence-corrected chi connectivity index (χ2v) is 8.64. The average Bonchev–Trinajstić information content (AvgIpc) is 2.78. The van der Waals surface area contributed by atoms with E-state index >= 15 is 0 Å². The van der Waals surface area contributed by atoms with Crippen LogP contribution in [0, 0.1) is 0 Å². The van der Waals surface area contributed by atoms with Gasteiger partial charge in [-0.15, -0.1) is 0 Å². The molecule has 1 amide bonds. The smallest absolute Gasteiger partial charge is 0.264 e. The van der Waals surface area contributed by atoms with Gasteiger partial charge < -0.3 is 10.1 Å². The van der Waals surface area contributed by atoms with Crippen LogP contribution < -0.4 is 14.8 Å². The normalized spacial score (nSPS) is 10.9. The van der Waals surface area contributed by atoms with Gasteiger partial charge in [0.25, 0.3) is 10.0 Å². The minimum atomic E-state index is -3.88. The van der Waals surface area contributed by atoms with E-state index in [0.29, 0.717) is 22.0 Å². The molecule has 0 unspecified atom stereocenters. The molecule has 0 bridgehead atoms. The van der Waals surface area contributed by atoms with Crippen molar-refractivity contribution in [2.24, 2.45) is 0 Å². The van der Waals surface area contributed by atoms with Crippen LogP contribution in [-0.4, -0.2) is 37.2 Å².